The van der Waals surface area contributed by atoms with Crippen molar-refractivity contribution in [3.05, 3.63) is 0 Å². The van der Waals surface area contributed by atoms with Crippen molar-refractivity contribution in [2.75, 3.05) is 6.54 Å². The van der Waals surface area contributed by atoms with Gasteiger partial charge in [-0.15, -0.1) is 0 Å². The van der Waals surface area contributed by atoms with Gasteiger partial charge < -0.3 is 15.7 Å². The summed E-state index contributed by atoms with van der Waals surface area (Å²) in [6.07, 6.45) is 15.0. The van der Waals surface area contributed by atoms with Crippen molar-refractivity contribution < 1.29 is 19.5 Å². The van der Waals surface area contributed by atoms with Crippen LogP contribution in [0.5, 0.6) is 0 Å². The maximum Gasteiger partial charge on any atom is 0.303 e. The lowest BCUT2D eigenvalue weighted by molar-refractivity contribution is -0.137. The Bertz CT molecular complexity index is 510. The fraction of sp³-hybridized carbons (Fsp3) is 0.885. The average Bonchev–Trinajstić information content (AvgIpc) is 2.75. The molecule has 0 aliphatic rings. The molecular formula is C26H50N2O4. The number of carboxylic acids is 1. The number of hydrogen-bond donors (Lipinski definition) is 3. The van der Waals surface area contributed by atoms with Gasteiger partial charge in [0.05, 0.1) is 0 Å². The van der Waals surface area contributed by atoms with E-state index in [2.05, 4.69) is 24.5 Å². The topological polar surface area (TPSA) is 95.5 Å². The van der Waals surface area contributed by atoms with Gasteiger partial charge >= 0.3 is 5.97 Å². The van der Waals surface area contributed by atoms with Gasteiger partial charge in [0.15, 0.2) is 0 Å². The Morgan fingerprint density at radius 3 is 1.97 bits per heavy atom. The van der Waals surface area contributed by atoms with Crippen LogP contribution in [0.2, 0.25) is 0 Å². The van der Waals surface area contributed by atoms with Crippen LogP contribution in [0.15, 0.2) is 0 Å². The van der Waals surface area contributed by atoms with Crippen LogP contribution in [0.3, 0.4) is 0 Å². The van der Waals surface area contributed by atoms with Gasteiger partial charge in [0.25, 0.3) is 0 Å². The van der Waals surface area contributed by atoms with Crippen molar-refractivity contribution in [1.29, 1.82) is 0 Å². The molecule has 6 heteroatoms. The van der Waals surface area contributed by atoms with Gasteiger partial charge in [-0.2, -0.15) is 0 Å². The number of aliphatic carboxylic acids is 1. The zero-order valence-corrected chi connectivity index (χ0v) is 21.2. The van der Waals surface area contributed by atoms with Crippen LogP contribution in [-0.4, -0.2) is 35.5 Å². The summed E-state index contributed by atoms with van der Waals surface area (Å²) in [6.45, 7) is 8.75. The lowest BCUT2D eigenvalue weighted by Gasteiger charge is -2.22. The summed E-state index contributed by atoms with van der Waals surface area (Å²) in [6, 6.07) is 0.173. The summed E-state index contributed by atoms with van der Waals surface area (Å²) in [5.41, 5.74) is 0. The number of amides is 2. The minimum absolute atomic E-state index is 0.0264. The number of carbonyl (C=O) groups excluding carboxylic acids is 2. The molecule has 0 aromatic heterocycles. The van der Waals surface area contributed by atoms with E-state index < -0.39 is 5.97 Å². The fourth-order valence-electron chi connectivity index (χ4n) is 3.97. The molecule has 3 atom stereocenters. The molecule has 0 saturated carbocycles. The molecule has 3 unspecified atom stereocenters. The molecule has 0 bridgehead atoms. The second-order valence-corrected chi connectivity index (χ2v) is 9.41. The van der Waals surface area contributed by atoms with Crippen LogP contribution in [0.25, 0.3) is 0 Å². The molecule has 0 radical (unpaired) electrons. The Hall–Kier alpha value is -1.59. The van der Waals surface area contributed by atoms with Gasteiger partial charge in [0.2, 0.25) is 11.8 Å². The standard InChI is InChI=1S/C26H50N2O4/c1-5-7-8-9-10-11-12-14-17-22(4)28-26(32)23(6-2)20-21(3)25(31)27-19-16-13-15-18-24(29)30/h21-23H,5-20H2,1-4H3,(H,27,31)(H,28,32)(H,29,30). The number of hydrogen-bond acceptors (Lipinski definition) is 3. The number of carbonyl (C=O) groups is 3. The minimum atomic E-state index is -0.779. The third kappa shape index (κ3) is 17.0. The molecule has 188 valence electrons. The fourth-order valence-corrected chi connectivity index (χ4v) is 3.97. The first kappa shape index (κ1) is 30.4. The Kier molecular flexibility index (Phi) is 19.1. The summed E-state index contributed by atoms with van der Waals surface area (Å²) in [5.74, 6) is -1.10. The van der Waals surface area contributed by atoms with Crippen molar-refractivity contribution in [2.24, 2.45) is 11.8 Å². The average molecular weight is 455 g/mol. The van der Waals surface area contributed by atoms with Crippen molar-refractivity contribution >= 4 is 17.8 Å². The molecule has 0 aromatic carbocycles. The largest absolute Gasteiger partial charge is 0.481 e. The zero-order valence-electron chi connectivity index (χ0n) is 21.2. The molecule has 0 aliphatic heterocycles. The SMILES string of the molecule is CCCCCCCCCCC(C)NC(=O)C(CC)CC(C)C(=O)NCCCCCC(=O)O. The summed E-state index contributed by atoms with van der Waals surface area (Å²) in [7, 11) is 0. The highest BCUT2D eigenvalue weighted by atomic mass is 16.4. The number of carboxylic acid groups (broad SMARTS) is 1. The van der Waals surface area contributed by atoms with Crippen molar-refractivity contribution in [3.63, 3.8) is 0 Å². The molecule has 0 fully saturated rings. The maximum absolute atomic E-state index is 12.7. The summed E-state index contributed by atoms with van der Waals surface area (Å²) in [5, 5.41) is 14.7. The first-order valence-corrected chi connectivity index (χ1v) is 13.1. The van der Waals surface area contributed by atoms with Gasteiger partial charge in [-0.25, -0.2) is 0 Å². The highest BCUT2D eigenvalue weighted by molar-refractivity contribution is 5.81. The molecule has 0 saturated heterocycles. The van der Waals surface area contributed by atoms with Crippen LogP contribution >= 0.6 is 0 Å². The van der Waals surface area contributed by atoms with Gasteiger partial charge in [0, 0.05) is 30.8 Å². The van der Waals surface area contributed by atoms with E-state index in [4.69, 9.17) is 5.11 Å². The molecule has 0 aliphatic carbocycles. The molecule has 0 heterocycles. The van der Waals surface area contributed by atoms with Crippen LogP contribution in [0.1, 0.15) is 124 Å². The Balaban J connectivity index is 4.03. The first-order chi connectivity index (χ1) is 15.3. The Labute approximate surface area is 196 Å². The van der Waals surface area contributed by atoms with Crippen LogP contribution in [0.4, 0.5) is 0 Å². The molecular weight excluding hydrogens is 404 g/mol. The van der Waals surface area contributed by atoms with Crippen LogP contribution in [0, 0.1) is 11.8 Å². The highest BCUT2D eigenvalue weighted by Crippen LogP contribution is 2.17. The van der Waals surface area contributed by atoms with Crippen LogP contribution in [-0.2, 0) is 14.4 Å². The predicted octanol–water partition coefficient (Wildman–Crippen LogP) is 5.84. The summed E-state index contributed by atoms with van der Waals surface area (Å²) in [4.78, 5) is 35.5. The quantitative estimate of drug-likeness (QED) is 0.190. The van der Waals surface area contributed by atoms with Crippen molar-refractivity contribution in [3.8, 4) is 0 Å². The molecule has 3 N–H and O–H groups in total. The predicted molar refractivity (Wildman–Crippen MR) is 132 cm³/mol. The third-order valence-electron chi connectivity index (χ3n) is 6.20. The normalized spacial score (nSPS) is 13.9. The minimum Gasteiger partial charge on any atom is -0.481 e. The lowest BCUT2D eigenvalue weighted by Crippen LogP contribution is -2.39. The van der Waals surface area contributed by atoms with Gasteiger partial charge in [0.1, 0.15) is 0 Å². The monoisotopic (exact) mass is 454 g/mol. The van der Waals surface area contributed by atoms with E-state index in [1.165, 1.54) is 44.9 Å². The second-order valence-electron chi connectivity index (χ2n) is 9.41. The number of rotatable bonds is 21. The molecule has 0 spiro atoms. The molecule has 2 amide bonds. The van der Waals surface area contributed by atoms with E-state index in [0.29, 0.717) is 19.4 Å². The molecule has 0 aromatic rings. The Morgan fingerprint density at radius 2 is 1.38 bits per heavy atom. The molecule has 32 heavy (non-hydrogen) atoms. The van der Waals surface area contributed by atoms with Gasteiger partial charge in [-0.1, -0.05) is 78.6 Å². The van der Waals surface area contributed by atoms with E-state index in [0.717, 1.165) is 32.1 Å². The van der Waals surface area contributed by atoms with E-state index in [9.17, 15) is 14.4 Å². The maximum atomic E-state index is 12.7. The summed E-state index contributed by atoms with van der Waals surface area (Å²) < 4.78 is 0. The second kappa shape index (κ2) is 20.0. The van der Waals surface area contributed by atoms with Crippen molar-refractivity contribution in [2.45, 2.75) is 130 Å². The van der Waals surface area contributed by atoms with E-state index in [-0.39, 0.29) is 36.1 Å². The molecule has 0 rings (SSSR count). The van der Waals surface area contributed by atoms with E-state index >= 15 is 0 Å². The first-order valence-electron chi connectivity index (χ1n) is 13.1. The van der Waals surface area contributed by atoms with E-state index in [1.54, 1.807) is 0 Å². The summed E-state index contributed by atoms with van der Waals surface area (Å²) >= 11 is 0. The van der Waals surface area contributed by atoms with Crippen LogP contribution < -0.4 is 10.6 Å². The molecule has 6 nitrogen and oxygen atoms in total. The third-order valence-corrected chi connectivity index (χ3v) is 6.20. The highest BCUT2D eigenvalue weighted by Gasteiger charge is 2.24. The lowest BCUT2D eigenvalue weighted by atomic mass is 9.92. The zero-order chi connectivity index (χ0) is 24.2. The Morgan fingerprint density at radius 1 is 0.781 bits per heavy atom. The van der Waals surface area contributed by atoms with E-state index in [1.807, 2.05) is 13.8 Å². The van der Waals surface area contributed by atoms with Crippen molar-refractivity contribution in [1.82, 2.24) is 10.6 Å². The van der Waals surface area contributed by atoms with Gasteiger partial charge in [-0.05, 0) is 39.0 Å². The smallest absolute Gasteiger partial charge is 0.303 e. The number of unbranched alkanes of at least 4 members (excludes halogenated alkanes) is 9. The number of nitrogens with one attached hydrogen (secondary N) is 2. The van der Waals surface area contributed by atoms with Gasteiger partial charge in [-0.3, -0.25) is 14.4 Å².